The van der Waals surface area contributed by atoms with Gasteiger partial charge in [0.1, 0.15) is 0 Å². The van der Waals surface area contributed by atoms with E-state index < -0.39 is 0 Å². The Morgan fingerprint density at radius 2 is 1.22 bits per heavy atom. The second kappa shape index (κ2) is 8.54. The zero-order valence-corrected chi connectivity index (χ0v) is 12.9. The summed E-state index contributed by atoms with van der Waals surface area (Å²) in [7, 11) is -0.237. The van der Waals surface area contributed by atoms with Gasteiger partial charge in [-0.15, -0.1) is 0 Å². The maximum Gasteiger partial charge on any atom is 0 e. The Labute approximate surface area is 123 Å². The Kier molecular flexibility index (Phi) is 7.36. The van der Waals surface area contributed by atoms with Crippen LogP contribution in [0.4, 0.5) is 0 Å². The molecule has 18 heavy (non-hydrogen) atoms. The van der Waals surface area contributed by atoms with Gasteiger partial charge < -0.3 is 5.73 Å². The monoisotopic (exact) mass is 345 g/mol. The molecule has 0 aliphatic heterocycles. The number of hydrogen-bond donors (Lipinski definition) is 1. The third-order valence-electron chi connectivity index (χ3n) is 2.72. The average molecular weight is 344 g/mol. The first-order chi connectivity index (χ1) is 8.42. The molecule has 0 amide bonds. The van der Waals surface area contributed by atoms with Crippen LogP contribution in [-0.4, -0.2) is 12.7 Å². The van der Waals surface area contributed by atoms with Gasteiger partial charge in [0.05, 0.1) is 0 Å². The maximum absolute atomic E-state index is 5.64. The molecule has 2 aromatic rings. The summed E-state index contributed by atoms with van der Waals surface area (Å²) in [5.41, 5.74) is 5.64. The summed E-state index contributed by atoms with van der Waals surface area (Å²) in [5, 5.41) is 2.89. The van der Waals surface area contributed by atoms with Crippen LogP contribution in [0, 0.1) is 0 Å². The van der Waals surface area contributed by atoms with Crippen molar-refractivity contribution in [2.75, 3.05) is 12.7 Å². The van der Waals surface area contributed by atoms with Crippen molar-refractivity contribution < 1.29 is 19.5 Å². The maximum atomic E-state index is 5.64. The van der Waals surface area contributed by atoms with Gasteiger partial charge in [-0.1, -0.05) is 60.7 Å². The minimum Gasteiger partial charge on any atom is -0.330 e. The molecule has 0 aliphatic carbocycles. The van der Waals surface area contributed by atoms with E-state index >= 15 is 0 Å². The molecule has 1 nitrogen and oxygen atoms in total. The summed E-state index contributed by atoms with van der Waals surface area (Å²) in [6, 6.07) is 21.6. The van der Waals surface area contributed by atoms with Crippen molar-refractivity contribution in [2.24, 2.45) is 5.73 Å². The van der Waals surface area contributed by atoms with Crippen molar-refractivity contribution in [2.45, 2.75) is 6.42 Å². The summed E-state index contributed by atoms with van der Waals surface area (Å²) < 4.78 is 0. The van der Waals surface area contributed by atoms with Gasteiger partial charge in [-0.3, -0.25) is 0 Å². The molecular formula is C15H18NPRu. The van der Waals surface area contributed by atoms with Gasteiger partial charge in [0.25, 0.3) is 0 Å². The van der Waals surface area contributed by atoms with Gasteiger partial charge in [-0.2, -0.15) is 0 Å². The minimum absolute atomic E-state index is 0. The van der Waals surface area contributed by atoms with E-state index in [1.165, 1.54) is 16.8 Å². The van der Waals surface area contributed by atoms with Crippen molar-refractivity contribution in [3.8, 4) is 0 Å². The van der Waals surface area contributed by atoms with Crippen molar-refractivity contribution in [3.63, 3.8) is 0 Å². The van der Waals surface area contributed by atoms with Crippen LogP contribution in [0.1, 0.15) is 6.42 Å². The van der Waals surface area contributed by atoms with Crippen LogP contribution in [0.3, 0.4) is 0 Å². The SMILES string of the molecule is NCCCP(c1ccccc1)c1ccccc1.[Ru]. The van der Waals surface area contributed by atoms with E-state index in [1.807, 2.05) is 0 Å². The molecule has 0 aromatic heterocycles. The van der Waals surface area contributed by atoms with E-state index in [-0.39, 0.29) is 27.4 Å². The van der Waals surface area contributed by atoms with Gasteiger partial charge in [0.15, 0.2) is 0 Å². The van der Waals surface area contributed by atoms with Gasteiger partial charge in [-0.05, 0) is 37.7 Å². The molecule has 0 saturated heterocycles. The van der Waals surface area contributed by atoms with Crippen LogP contribution in [0.15, 0.2) is 60.7 Å². The van der Waals surface area contributed by atoms with E-state index in [9.17, 15) is 0 Å². The second-order valence-electron chi connectivity index (χ2n) is 3.96. The summed E-state index contributed by atoms with van der Waals surface area (Å²) in [6.45, 7) is 0.776. The number of rotatable bonds is 5. The smallest absolute Gasteiger partial charge is 0 e. The van der Waals surface area contributed by atoms with Crippen LogP contribution >= 0.6 is 7.92 Å². The van der Waals surface area contributed by atoms with Gasteiger partial charge in [0, 0.05) is 19.5 Å². The van der Waals surface area contributed by atoms with Crippen molar-refractivity contribution in [3.05, 3.63) is 60.7 Å². The molecular weight excluding hydrogens is 326 g/mol. The Morgan fingerprint density at radius 1 is 0.778 bits per heavy atom. The third kappa shape index (κ3) is 4.28. The first kappa shape index (κ1) is 15.5. The summed E-state index contributed by atoms with van der Waals surface area (Å²) in [6.07, 6.45) is 2.27. The van der Waals surface area contributed by atoms with Gasteiger partial charge in [-0.25, -0.2) is 0 Å². The van der Waals surface area contributed by atoms with Gasteiger partial charge in [0.2, 0.25) is 0 Å². The van der Waals surface area contributed by atoms with Crippen LogP contribution < -0.4 is 16.3 Å². The topological polar surface area (TPSA) is 26.0 Å². The Balaban J connectivity index is 0.00000162. The predicted molar refractivity (Wildman–Crippen MR) is 77.6 cm³/mol. The molecule has 2 aromatic carbocycles. The molecule has 2 N–H and O–H groups in total. The molecule has 0 unspecified atom stereocenters. The Hall–Kier alpha value is -0.547. The molecule has 0 atom stereocenters. The fourth-order valence-corrected chi connectivity index (χ4v) is 4.25. The first-order valence-electron chi connectivity index (χ1n) is 5.99. The van der Waals surface area contributed by atoms with Crippen LogP contribution in [-0.2, 0) is 19.5 Å². The molecule has 3 heteroatoms. The van der Waals surface area contributed by atoms with Gasteiger partial charge >= 0.3 is 0 Å². The standard InChI is InChI=1S/C15H18NP.Ru/c16-12-7-13-17(14-8-3-1-4-9-14)15-10-5-2-6-11-15;/h1-6,8-11H,7,12-13,16H2;. The van der Waals surface area contributed by atoms with Crippen LogP contribution in [0.2, 0.25) is 0 Å². The minimum atomic E-state index is -0.237. The van der Waals surface area contributed by atoms with E-state index in [4.69, 9.17) is 5.73 Å². The quantitative estimate of drug-likeness (QED) is 0.654. The third-order valence-corrected chi connectivity index (χ3v) is 5.33. The van der Waals surface area contributed by atoms with E-state index in [2.05, 4.69) is 60.7 Å². The van der Waals surface area contributed by atoms with E-state index in [0.29, 0.717) is 0 Å². The Bertz CT molecular complexity index is 393. The largest absolute Gasteiger partial charge is 0.330 e. The van der Waals surface area contributed by atoms with Crippen molar-refractivity contribution in [1.29, 1.82) is 0 Å². The molecule has 0 fully saturated rings. The first-order valence-corrected chi connectivity index (χ1v) is 7.52. The zero-order chi connectivity index (χ0) is 11.9. The summed E-state index contributed by atoms with van der Waals surface area (Å²) in [4.78, 5) is 0. The Morgan fingerprint density at radius 3 is 1.61 bits per heavy atom. The van der Waals surface area contributed by atoms with E-state index in [0.717, 1.165) is 13.0 Å². The molecule has 0 radical (unpaired) electrons. The predicted octanol–water partition coefficient (Wildman–Crippen LogP) is 2.47. The van der Waals surface area contributed by atoms with Crippen molar-refractivity contribution in [1.82, 2.24) is 0 Å². The molecule has 0 bridgehead atoms. The van der Waals surface area contributed by atoms with Crippen LogP contribution in [0.25, 0.3) is 0 Å². The zero-order valence-electron chi connectivity index (χ0n) is 10.3. The molecule has 0 spiro atoms. The second-order valence-corrected chi connectivity index (χ2v) is 6.30. The fourth-order valence-electron chi connectivity index (χ4n) is 1.87. The van der Waals surface area contributed by atoms with Crippen LogP contribution in [0.5, 0.6) is 0 Å². The summed E-state index contributed by atoms with van der Waals surface area (Å²) >= 11 is 0. The normalized spacial score (nSPS) is 10.1. The molecule has 0 heterocycles. The number of hydrogen-bond acceptors (Lipinski definition) is 1. The molecule has 96 valence electrons. The molecule has 2 rings (SSSR count). The number of nitrogens with two attached hydrogens (primary N) is 1. The average Bonchev–Trinajstić information content (AvgIpc) is 2.42. The molecule has 0 saturated carbocycles. The summed E-state index contributed by atoms with van der Waals surface area (Å²) in [5.74, 6) is 0. The van der Waals surface area contributed by atoms with E-state index in [1.54, 1.807) is 0 Å². The fraction of sp³-hybridized carbons (Fsp3) is 0.200. The molecule has 0 aliphatic rings. The van der Waals surface area contributed by atoms with Crippen molar-refractivity contribution >= 4 is 18.5 Å². The number of benzene rings is 2.